The van der Waals surface area contributed by atoms with Gasteiger partial charge in [-0.3, -0.25) is 4.79 Å². The maximum Gasteiger partial charge on any atom is 0.255 e. The molecule has 3 aromatic carbocycles. The lowest BCUT2D eigenvalue weighted by Gasteiger charge is -2.09. The van der Waals surface area contributed by atoms with Crippen molar-refractivity contribution in [2.24, 2.45) is 0 Å². The Kier molecular flexibility index (Phi) is 5.82. The second-order valence-electron chi connectivity index (χ2n) is 6.72. The summed E-state index contributed by atoms with van der Waals surface area (Å²) in [6, 6.07) is 24.6. The molecule has 4 rings (SSSR count). The molecule has 29 heavy (non-hydrogen) atoms. The van der Waals surface area contributed by atoms with Crippen molar-refractivity contribution >= 4 is 34.1 Å². The first-order valence-electron chi connectivity index (χ1n) is 9.52. The number of carbonyl (C=O) groups excluding carboxylic acids is 1. The van der Waals surface area contributed by atoms with Crippen molar-refractivity contribution in [3.8, 4) is 11.5 Å². The number of hydrogen-bond donors (Lipinski definition) is 1. The molecule has 0 aliphatic carbocycles. The minimum absolute atomic E-state index is 0.151. The summed E-state index contributed by atoms with van der Waals surface area (Å²) in [5, 5.41) is 4.00. The van der Waals surface area contributed by atoms with Crippen LogP contribution in [0.5, 0.6) is 11.5 Å². The van der Waals surface area contributed by atoms with Gasteiger partial charge in [-0.25, -0.2) is 0 Å². The van der Waals surface area contributed by atoms with E-state index in [-0.39, 0.29) is 5.91 Å². The summed E-state index contributed by atoms with van der Waals surface area (Å²) in [4.78, 5) is 12.3. The van der Waals surface area contributed by atoms with Crippen LogP contribution in [0.25, 0.3) is 10.9 Å². The molecule has 0 fully saturated rings. The van der Waals surface area contributed by atoms with E-state index in [1.54, 1.807) is 24.3 Å². The van der Waals surface area contributed by atoms with Gasteiger partial charge < -0.3 is 14.6 Å². The van der Waals surface area contributed by atoms with Crippen molar-refractivity contribution in [2.45, 2.75) is 13.0 Å². The molecule has 0 unspecified atom stereocenters. The Morgan fingerprint density at radius 3 is 2.45 bits per heavy atom. The Bertz CT molecular complexity index is 1100. The Labute approximate surface area is 174 Å². The first kappa shape index (κ1) is 19.1. The van der Waals surface area contributed by atoms with Crippen LogP contribution in [0.1, 0.15) is 16.8 Å². The lowest BCUT2D eigenvalue weighted by atomic mass is 10.2. The minimum atomic E-state index is -0.151. The maximum absolute atomic E-state index is 12.3. The number of aromatic nitrogens is 1. The van der Waals surface area contributed by atoms with Gasteiger partial charge in [0.1, 0.15) is 11.5 Å². The average molecular weight is 405 g/mol. The molecule has 0 spiro atoms. The fourth-order valence-electron chi connectivity index (χ4n) is 3.20. The molecule has 4 nitrogen and oxygen atoms in total. The van der Waals surface area contributed by atoms with Crippen LogP contribution in [0.3, 0.4) is 0 Å². The Morgan fingerprint density at radius 2 is 1.69 bits per heavy atom. The highest BCUT2D eigenvalue weighted by Gasteiger charge is 2.07. The number of hydrogen-bond acceptors (Lipinski definition) is 2. The van der Waals surface area contributed by atoms with E-state index >= 15 is 0 Å². The van der Waals surface area contributed by atoms with E-state index in [1.807, 2.05) is 42.5 Å². The van der Waals surface area contributed by atoms with Crippen molar-refractivity contribution in [1.29, 1.82) is 0 Å². The molecule has 1 heterocycles. The quantitative estimate of drug-likeness (QED) is 0.366. The predicted octanol–water partition coefficient (Wildman–Crippen LogP) is 6.31. The van der Waals surface area contributed by atoms with Gasteiger partial charge in [0.25, 0.3) is 5.91 Å². The molecule has 1 N–H and O–H groups in total. The third-order valence-electron chi connectivity index (χ3n) is 4.66. The van der Waals surface area contributed by atoms with Crippen molar-refractivity contribution in [3.63, 3.8) is 0 Å². The van der Waals surface area contributed by atoms with Gasteiger partial charge in [-0.2, -0.15) is 0 Å². The highest BCUT2D eigenvalue weighted by atomic mass is 35.5. The Hall–Kier alpha value is -3.24. The standard InChI is InChI=1S/C24H21ClN2O2/c25-14-4-15-27-16-13-19-17-22(11-12-23(19)27)29-21-9-7-18(8-10-21)24(28)26-20-5-2-1-3-6-20/h1-3,5-13,16-17H,4,14-15H2,(H,26,28). The van der Waals surface area contributed by atoms with E-state index in [1.165, 1.54) is 0 Å². The van der Waals surface area contributed by atoms with Crippen molar-refractivity contribution in [1.82, 2.24) is 4.57 Å². The second kappa shape index (κ2) is 8.84. The molecule has 0 saturated heterocycles. The van der Waals surface area contributed by atoms with Gasteiger partial charge in [-0.15, -0.1) is 11.6 Å². The molecule has 146 valence electrons. The van der Waals surface area contributed by atoms with E-state index in [2.05, 4.69) is 28.2 Å². The maximum atomic E-state index is 12.3. The molecular formula is C24H21ClN2O2. The molecule has 0 aliphatic rings. The molecule has 5 heteroatoms. The summed E-state index contributed by atoms with van der Waals surface area (Å²) in [5.74, 6) is 1.94. The van der Waals surface area contributed by atoms with Crippen LogP contribution in [-0.2, 0) is 6.54 Å². The Morgan fingerprint density at radius 1 is 0.931 bits per heavy atom. The van der Waals surface area contributed by atoms with Gasteiger partial charge in [0, 0.05) is 40.8 Å². The number of nitrogens with one attached hydrogen (secondary N) is 1. The van der Waals surface area contributed by atoms with E-state index in [4.69, 9.17) is 16.3 Å². The molecule has 1 aromatic heterocycles. The fourth-order valence-corrected chi connectivity index (χ4v) is 3.32. The van der Waals surface area contributed by atoms with Crippen LogP contribution in [0.4, 0.5) is 5.69 Å². The van der Waals surface area contributed by atoms with Crippen molar-refractivity contribution < 1.29 is 9.53 Å². The van der Waals surface area contributed by atoms with Crippen LogP contribution in [-0.4, -0.2) is 16.4 Å². The number of nitrogens with zero attached hydrogens (tertiary/aromatic N) is 1. The topological polar surface area (TPSA) is 43.3 Å². The number of para-hydroxylation sites is 1. The first-order chi connectivity index (χ1) is 14.2. The van der Waals surface area contributed by atoms with E-state index in [0.717, 1.165) is 35.3 Å². The van der Waals surface area contributed by atoms with Gasteiger partial charge in [0.05, 0.1) is 0 Å². The molecule has 0 aliphatic heterocycles. The van der Waals surface area contributed by atoms with Crippen molar-refractivity contribution in [3.05, 3.63) is 90.6 Å². The third kappa shape index (κ3) is 4.61. The number of benzene rings is 3. The molecule has 4 aromatic rings. The monoisotopic (exact) mass is 404 g/mol. The van der Waals surface area contributed by atoms with Gasteiger partial charge in [-0.05, 0) is 67.1 Å². The number of alkyl halides is 1. The van der Waals surface area contributed by atoms with Gasteiger partial charge in [-0.1, -0.05) is 18.2 Å². The molecular weight excluding hydrogens is 384 g/mol. The molecule has 0 saturated carbocycles. The molecule has 0 radical (unpaired) electrons. The SMILES string of the molecule is O=C(Nc1ccccc1)c1ccc(Oc2ccc3c(ccn3CCCCl)c2)cc1. The van der Waals surface area contributed by atoms with Gasteiger partial charge in [0.15, 0.2) is 0 Å². The largest absolute Gasteiger partial charge is 0.457 e. The number of amides is 1. The van der Waals surface area contributed by atoms with Crippen molar-refractivity contribution in [2.75, 3.05) is 11.2 Å². The summed E-state index contributed by atoms with van der Waals surface area (Å²) in [6.07, 6.45) is 3.01. The normalized spacial score (nSPS) is 10.8. The van der Waals surface area contributed by atoms with E-state index < -0.39 is 0 Å². The van der Waals surface area contributed by atoms with E-state index in [9.17, 15) is 4.79 Å². The zero-order valence-electron chi connectivity index (χ0n) is 15.8. The van der Waals surface area contributed by atoms with Crippen LogP contribution in [0.2, 0.25) is 0 Å². The second-order valence-corrected chi connectivity index (χ2v) is 7.10. The van der Waals surface area contributed by atoms with Crippen LogP contribution >= 0.6 is 11.6 Å². The number of carbonyl (C=O) groups is 1. The first-order valence-corrected chi connectivity index (χ1v) is 10.1. The lowest BCUT2D eigenvalue weighted by Crippen LogP contribution is -2.11. The van der Waals surface area contributed by atoms with Crippen LogP contribution in [0.15, 0.2) is 85.1 Å². The highest BCUT2D eigenvalue weighted by Crippen LogP contribution is 2.27. The minimum Gasteiger partial charge on any atom is -0.457 e. The third-order valence-corrected chi connectivity index (χ3v) is 4.93. The summed E-state index contributed by atoms with van der Waals surface area (Å²) in [7, 11) is 0. The zero-order chi connectivity index (χ0) is 20.1. The summed E-state index contributed by atoms with van der Waals surface area (Å²) in [5.41, 5.74) is 2.51. The molecule has 1 amide bonds. The van der Waals surface area contributed by atoms with Crippen LogP contribution in [0, 0.1) is 0 Å². The summed E-state index contributed by atoms with van der Waals surface area (Å²) < 4.78 is 8.16. The number of halogens is 1. The lowest BCUT2D eigenvalue weighted by molar-refractivity contribution is 0.102. The predicted molar refractivity (Wildman–Crippen MR) is 118 cm³/mol. The van der Waals surface area contributed by atoms with E-state index in [0.29, 0.717) is 17.2 Å². The van der Waals surface area contributed by atoms with Gasteiger partial charge >= 0.3 is 0 Å². The molecule has 0 bridgehead atoms. The fraction of sp³-hybridized carbons (Fsp3) is 0.125. The number of rotatable bonds is 7. The number of anilines is 1. The summed E-state index contributed by atoms with van der Waals surface area (Å²) >= 11 is 5.80. The smallest absolute Gasteiger partial charge is 0.255 e. The van der Waals surface area contributed by atoms with Crippen LogP contribution < -0.4 is 10.1 Å². The number of ether oxygens (including phenoxy) is 1. The number of fused-ring (bicyclic) bond motifs is 1. The zero-order valence-corrected chi connectivity index (χ0v) is 16.6. The number of aryl methyl sites for hydroxylation is 1. The van der Waals surface area contributed by atoms with Gasteiger partial charge in [0.2, 0.25) is 0 Å². The molecule has 0 atom stereocenters. The Balaban J connectivity index is 1.43. The summed E-state index contributed by atoms with van der Waals surface area (Å²) in [6.45, 7) is 0.902. The average Bonchev–Trinajstić information content (AvgIpc) is 3.15. The highest BCUT2D eigenvalue weighted by molar-refractivity contribution is 6.17.